The van der Waals surface area contributed by atoms with E-state index in [2.05, 4.69) is 16.0 Å². The second-order valence-electron chi connectivity index (χ2n) is 5.45. The number of amides is 2. The quantitative estimate of drug-likeness (QED) is 0.598. The minimum absolute atomic E-state index is 0.137. The Morgan fingerprint density at radius 2 is 1.69 bits per heavy atom. The van der Waals surface area contributed by atoms with Crippen molar-refractivity contribution >= 4 is 23.2 Å². The zero-order valence-corrected chi connectivity index (χ0v) is 14.9. The maximum absolute atomic E-state index is 12.5. The molecule has 0 heterocycles. The molecular formula is C19H23N3O4. The molecule has 26 heavy (non-hydrogen) atoms. The van der Waals surface area contributed by atoms with Gasteiger partial charge in [0.15, 0.2) is 0 Å². The van der Waals surface area contributed by atoms with Crippen LogP contribution in [-0.4, -0.2) is 45.7 Å². The molecule has 0 radical (unpaired) electrons. The zero-order valence-electron chi connectivity index (χ0n) is 14.9. The second-order valence-corrected chi connectivity index (χ2v) is 5.45. The SMILES string of the molecule is COCCNCC(=O)Nc1ccccc1C(=O)Nc1ccc(OC)cc1. The summed E-state index contributed by atoms with van der Waals surface area (Å²) in [5, 5.41) is 8.51. The number of benzene rings is 2. The first-order valence-corrected chi connectivity index (χ1v) is 8.18. The third-order valence-corrected chi connectivity index (χ3v) is 3.56. The van der Waals surface area contributed by atoms with Crippen LogP contribution in [0, 0.1) is 0 Å². The summed E-state index contributed by atoms with van der Waals surface area (Å²) in [6, 6.07) is 13.9. The number of ether oxygens (including phenoxy) is 2. The van der Waals surface area contributed by atoms with E-state index in [0.717, 1.165) is 0 Å². The van der Waals surface area contributed by atoms with Crippen molar-refractivity contribution < 1.29 is 19.1 Å². The van der Waals surface area contributed by atoms with Gasteiger partial charge in [0.1, 0.15) is 5.75 Å². The van der Waals surface area contributed by atoms with E-state index in [0.29, 0.717) is 35.8 Å². The molecule has 0 bridgehead atoms. The number of carbonyl (C=O) groups is 2. The van der Waals surface area contributed by atoms with Gasteiger partial charge in [-0.3, -0.25) is 9.59 Å². The minimum atomic E-state index is -0.307. The third kappa shape index (κ3) is 5.87. The van der Waals surface area contributed by atoms with Gasteiger partial charge < -0.3 is 25.4 Å². The summed E-state index contributed by atoms with van der Waals surface area (Å²) in [5.41, 5.74) is 1.48. The van der Waals surface area contributed by atoms with E-state index < -0.39 is 0 Å². The number of hydrogen-bond acceptors (Lipinski definition) is 5. The van der Waals surface area contributed by atoms with Crippen LogP contribution in [0.4, 0.5) is 11.4 Å². The van der Waals surface area contributed by atoms with Crippen LogP contribution >= 0.6 is 0 Å². The summed E-state index contributed by atoms with van der Waals surface area (Å²) in [7, 11) is 3.18. The maximum atomic E-state index is 12.5. The number of methoxy groups -OCH3 is 2. The fourth-order valence-corrected chi connectivity index (χ4v) is 2.23. The standard InChI is InChI=1S/C19H23N3O4/c1-25-12-11-20-13-18(23)22-17-6-4-3-5-16(17)19(24)21-14-7-9-15(26-2)10-8-14/h3-10,20H,11-13H2,1-2H3,(H,21,24)(H,22,23). The number of hydrogen-bond donors (Lipinski definition) is 3. The second kappa shape index (κ2) is 10.2. The van der Waals surface area contributed by atoms with Crippen molar-refractivity contribution in [1.82, 2.24) is 5.32 Å². The zero-order chi connectivity index (χ0) is 18.8. The Morgan fingerprint density at radius 3 is 2.38 bits per heavy atom. The van der Waals surface area contributed by atoms with E-state index in [1.807, 2.05) is 0 Å². The molecule has 2 amide bonds. The van der Waals surface area contributed by atoms with Gasteiger partial charge in [0.25, 0.3) is 5.91 Å². The Labute approximate surface area is 152 Å². The summed E-state index contributed by atoms with van der Waals surface area (Å²) in [6.07, 6.45) is 0. The van der Waals surface area contributed by atoms with Gasteiger partial charge in [-0.2, -0.15) is 0 Å². The van der Waals surface area contributed by atoms with Gasteiger partial charge in [-0.05, 0) is 36.4 Å². The monoisotopic (exact) mass is 357 g/mol. The van der Waals surface area contributed by atoms with E-state index in [1.165, 1.54) is 0 Å². The molecule has 0 spiro atoms. The highest BCUT2D eigenvalue weighted by molar-refractivity contribution is 6.10. The van der Waals surface area contributed by atoms with E-state index in [4.69, 9.17) is 9.47 Å². The van der Waals surface area contributed by atoms with E-state index in [1.54, 1.807) is 62.8 Å². The lowest BCUT2D eigenvalue weighted by Crippen LogP contribution is -2.31. The molecule has 2 aromatic carbocycles. The highest BCUT2D eigenvalue weighted by atomic mass is 16.5. The van der Waals surface area contributed by atoms with E-state index in [9.17, 15) is 9.59 Å². The van der Waals surface area contributed by atoms with Crippen molar-refractivity contribution in [3.05, 3.63) is 54.1 Å². The van der Waals surface area contributed by atoms with Crippen molar-refractivity contribution in [2.75, 3.05) is 44.5 Å². The molecule has 7 heteroatoms. The third-order valence-electron chi connectivity index (χ3n) is 3.56. The van der Waals surface area contributed by atoms with Crippen LogP contribution in [0.15, 0.2) is 48.5 Å². The topological polar surface area (TPSA) is 88.7 Å². The molecule has 0 aliphatic rings. The van der Waals surface area contributed by atoms with Crippen molar-refractivity contribution in [1.29, 1.82) is 0 Å². The molecular weight excluding hydrogens is 334 g/mol. The van der Waals surface area contributed by atoms with Gasteiger partial charge in [-0.1, -0.05) is 12.1 Å². The lowest BCUT2D eigenvalue weighted by molar-refractivity contribution is -0.115. The molecule has 0 fully saturated rings. The summed E-state index contributed by atoms with van der Waals surface area (Å²) < 4.78 is 10.0. The predicted octanol–water partition coefficient (Wildman–Crippen LogP) is 2.12. The van der Waals surface area contributed by atoms with Crippen molar-refractivity contribution in [3.63, 3.8) is 0 Å². The van der Waals surface area contributed by atoms with Crippen LogP contribution in [0.25, 0.3) is 0 Å². The Morgan fingerprint density at radius 1 is 0.962 bits per heavy atom. The number of carbonyl (C=O) groups excluding carboxylic acids is 2. The minimum Gasteiger partial charge on any atom is -0.497 e. The van der Waals surface area contributed by atoms with Gasteiger partial charge in [-0.25, -0.2) is 0 Å². The number of anilines is 2. The Hall–Kier alpha value is -2.90. The first-order valence-electron chi connectivity index (χ1n) is 8.18. The fraction of sp³-hybridized carbons (Fsp3) is 0.263. The predicted molar refractivity (Wildman–Crippen MR) is 101 cm³/mol. The molecule has 3 N–H and O–H groups in total. The molecule has 0 saturated heterocycles. The lowest BCUT2D eigenvalue weighted by Gasteiger charge is -2.12. The normalized spacial score (nSPS) is 10.2. The summed E-state index contributed by atoms with van der Waals surface area (Å²) in [4.78, 5) is 24.6. The Bertz CT molecular complexity index is 732. The van der Waals surface area contributed by atoms with Crippen LogP contribution in [0.3, 0.4) is 0 Å². The molecule has 0 aliphatic heterocycles. The highest BCUT2D eigenvalue weighted by Gasteiger charge is 2.13. The Kier molecular flexibility index (Phi) is 7.60. The Balaban J connectivity index is 2.00. The van der Waals surface area contributed by atoms with Crippen LogP contribution in [-0.2, 0) is 9.53 Å². The molecule has 2 aromatic rings. The van der Waals surface area contributed by atoms with Gasteiger partial charge in [0.05, 0.1) is 31.5 Å². The molecule has 138 valence electrons. The number of para-hydroxylation sites is 1. The summed E-state index contributed by atoms with van der Waals surface area (Å²) >= 11 is 0. The lowest BCUT2D eigenvalue weighted by atomic mass is 10.1. The smallest absolute Gasteiger partial charge is 0.257 e. The van der Waals surface area contributed by atoms with Gasteiger partial charge in [0, 0.05) is 19.3 Å². The molecule has 0 aromatic heterocycles. The first kappa shape index (κ1) is 19.4. The largest absolute Gasteiger partial charge is 0.497 e. The molecule has 0 saturated carbocycles. The van der Waals surface area contributed by atoms with Gasteiger partial charge in [0.2, 0.25) is 5.91 Å². The molecule has 7 nitrogen and oxygen atoms in total. The number of rotatable bonds is 9. The van der Waals surface area contributed by atoms with Gasteiger partial charge >= 0.3 is 0 Å². The van der Waals surface area contributed by atoms with Crippen molar-refractivity contribution in [3.8, 4) is 5.75 Å². The van der Waals surface area contributed by atoms with Crippen LogP contribution in [0.1, 0.15) is 10.4 Å². The molecule has 0 aliphatic carbocycles. The number of nitrogens with one attached hydrogen (secondary N) is 3. The van der Waals surface area contributed by atoms with Crippen LogP contribution in [0.5, 0.6) is 5.75 Å². The van der Waals surface area contributed by atoms with Crippen LogP contribution in [0.2, 0.25) is 0 Å². The van der Waals surface area contributed by atoms with Crippen molar-refractivity contribution in [2.45, 2.75) is 0 Å². The van der Waals surface area contributed by atoms with Crippen molar-refractivity contribution in [2.24, 2.45) is 0 Å². The average molecular weight is 357 g/mol. The summed E-state index contributed by atoms with van der Waals surface area (Å²) in [6.45, 7) is 1.23. The molecule has 2 rings (SSSR count). The first-order chi connectivity index (χ1) is 12.6. The fourth-order valence-electron chi connectivity index (χ4n) is 2.23. The summed E-state index contributed by atoms with van der Waals surface area (Å²) in [5.74, 6) is 0.167. The average Bonchev–Trinajstić information content (AvgIpc) is 2.66. The van der Waals surface area contributed by atoms with Crippen LogP contribution < -0.4 is 20.7 Å². The van der Waals surface area contributed by atoms with Gasteiger partial charge in [-0.15, -0.1) is 0 Å². The van der Waals surface area contributed by atoms with E-state index >= 15 is 0 Å². The van der Waals surface area contributed by atoms with E-state index in [-0.39, 0.29) is 18.4 Å². The maximum Gasteiger partial charge on any atom is 0.257 e. The molecule has 0 atom stereocenters. The highest BCUT2D eigenvalue weighted by Crippen LogP contribution is 2.19. The molecule has 0 unspecified atom stereocenters.